The number of fused-ring (bicyclic) bond motifs is 1. The highest BCUT2D eigenvalue weighted by Gasteiger charge is 2.32. The van der Waals surface area contributed by atoms with Crippen molar-refractivity contribution in [1.82, 2.24) is 9.62 Å². The Balaban J connectivity index is 0.00000231. The summed E-state index contributed by atoms with van der Waals surface area (Å²) in [7, 11) is -2.53. The van der Waals surface area contributed by atoms with Crippen LogP contribution < -0.4 is 4.72 Å². The summed E-state index contributed by atoms with van der Waals surface area (Å²) in [6, 6.07) is 19.6. The topological polar surface area (TPSA) is 32.3 Å². The minimum Gasteiger partial charge on any atom is -0.296 e. The highest BCUT2D eigenvalue weighted by molar-refractivity contribution is 7.98. The predicted molar refractivity (Wildman–Crippen MR) is 130 cm³/mol. The van der Waals surface area contributed by atoms with Crippen LogP contribution in [0.4, 0.5) is 0 Å². The van der Waals surface area contributed by atoms with E-state index in [0.29, 0.717) is 12.6 Å². The van der Waals surface area contributed by atoms with Crippen LogP contribution in [0.1, 0.15) is 42.6 Å². The molecule has 0 bridgehead atoms. The molecule has 0 saturated carbocycles. The standard InChI is InChI=1S/C26H30N2OS.H2/c1-19-11-14-25(23-10-4-3-9-22(19)23)30(2,29)27-16-6-17-28-18-15-21-8-5-7-20-12-13-24(28)26(20)21;/h3-5,7-11,14,24H,2,6,12-13,15-18H2,1H3,(H,27,29);1H. The molecule has 3 aromatic carbocycles. The van der Waals surface area contributed by atoms with Crippen molar-refractivity contribution in [3.05, 3.63) is 76.9 Å². The quantitative estimate of drug-likeness (QED) is 0.454. The zero-order chi connectivity index (χ0) is 20.7. The molecular formula is C26H32N2OS. The summed E-state index contributed by atoms with van der Waals surface area (Å²) >= 11 is 0. The average Bonchev–Trinajstić information content (AvgIpc) is 3.19. The van der Waals surface area contributed by atoms with Gasteiger partial charge in [0.15, 0.2) is 0 Å². The number of hydrogen-bond acceptors (Lipinski definition) is 2. The van der Waals surface area contributed by atoms with Crippen LogP contribution in [0.15, 0.2) is 59.5 Å². The second-order valence-corrected chi connectivity index (χ2v) is 10.8. The van der Waals surface area contributed by atoms with Gasteiger partial charge in [-0.05, 0) is 77.6 Å². The summed E-state index contributed by atoms with van der Waals surface area (Å²) in [5.74, 6) is 4.08. The molecule has 158 valence electrons. The summed E-state index contributed by atoms with van der Waals surface area (Å²) in [6.45, 7) is 4.97. The van der Waals surface area contributed by atoms with Crippen molar-refractivity contribution in [2.75, 3.05) is 19.6 Å². The Morgan fingerprint density at radius 1 is 1.07 bits per heavy atom. The smallest absolute Gasteiger partial charge is 0.0539 e. The Morgan fingerprint density at radius 3 is 2.67 bits per heavy atom. The molecular weight excluding hydrogens is 388 g/mol. The molecule has 3 nitrogen and oxygen atoms in total. The lowest BCUT2D eigenvalue weighted by atomic mass is 9.93. The Bertz CT molecular complexity index is 1210. The fourth-order valence-electron chi connectivity index (χ4n) is 5.33. The largest absolute Gasteiger partial charge is 0.296 e. The first-order chi connectivity index (χ1) is 14.5. The highest BCUT2D eigenvalue weighted by atomic mass is 32.2. The first kappa shape index (κ1) is 19.8. The van der Waals surface area contributed by atoms with Crippen LogP contribution in [-0.2, 0) is 22.5 Å². The molecule has 1 heterocycles. The third-order valence-corrected chi connectivity index (χ3v) is 8.57. The van der Waals surface area contributed by atoms with Crippen molar-refractivity contribution in [1.29, 1.82) is 0 Å². The van der Waals surface area contributed by atoms with E-state index in [1.54, 1.807) is 16.7 Å². The summed E-state index contributed by atoms with van der Waals surface area (Å²) in [4.78, 5) is 3.45. The predicted octanol–water partition coefficient (Wildman–Crippen LogP) is 4.91. The van der Waals surface area contributed by atoms with Gasteiger partial charge in [0.25, 0.3) is 0 Å². The molecule has 2 unspecified atom stereocenters. The molecule has 4 heteroatoms. The van der Waals surface area contributed by atoms with E-state index < -0.39 is 9.71 Å². The zero-order valence-corrected chi connectivity index (χ0v) is 18.5. The number of rotatable bonds is 6. The van der Waals surface area contributed by atoms with Gasteiger partial charge in [0.05, 0.1) is 14.6 Å². The first-order valence-corrected chi connectivity index (χ1v) is 12.7. The van der Waals surface area contributed by atoms with E-state index in [0.717, 1.165) is 41.6 Å². The molecule has 0 radical (unpaired) electrons. The van der Waals surface area contributed by atoms with Crippen molar-refractivity contribution >= 4 is 26.4 Å². The fraction of sp³-hybridized carbons (Fsp3) is 0.346. The number of benzene rings is 3. The van der Waals surface area contributed by atoms with E-state index in [9.17, 15) is 4.21 Å². The molecule has 30 heavy (non-hydrogen) atoms. The second kappa shape index (κ2) is 7.84. The average molecular weight is 421 g/mol. The molecule has 0 saturated heterocycles. The number of nitrogens with one attached hydrogen (secondary N) is 1. The van der Waals surface area contributed by atoms with Gasteiger partial charge in [-0.3, -0.25) is 4.90 Å². The van der Waals surface area contributed by atoms with E-state index in [1.807, 2.05) is 30.3 Å². The molecule has 5 rings (SSSR count). The molecule has 2 aliphatic rings. The van der Waals surface area contributed by atoms with Crippen molar-refractivity contribution in [3.8, 4) is 0 Å². The Hall–Kier alpha value is -2.14. The van der Waals surface area contributed by atoms with Crippen molar-refractivity contribution < 1.29 is 5.64 Å². The van der Waals surface area contributed by atoms with Gasteiger partial charge < -0.3 is 0 Å². The lowest BCUT2D eigenvalue weighted by Crippen LogP contribution is -2.36. The lowest BCUT2D eigenvalue weighted by Gasteiger charge is -2.35. The van der Waals surface area contributed by atoms with Crippen molar-refractivity contribution in [2.45, 2.75) is 43.5 Å². The molecule has 1 aliphatic heterocycles. The van der Waals surface area contributed by atoms with Gasteiger partial charge in [-0.25, -0.2) is 8.93 Å². The van der Waals surface area contributed by atoms with Gasteiger partial charge in [0.1, 0.15) is 0 Å². The van der Waals surface area contributed by atoms with Gasteiger partial charge in [-0.1, -0.05) is 48.5 Å². The van der Waals surface area contributed by atoms with E-state index in [4.69, 9.17) is 0 Å². The van der Waals surface area contributed by atoms with Gasteiger partial charge >= 0.3 is 0 Å². The van der Waals surface area contributed by atoms with Gasteiger partial charge in [0.2, 0.25) is 0 Å². The van der Waals surface area contributed by atoms with Gasteiger partial charge in [-0.2, -0.15) is 0 Å². The molecule has 0 aromatic heterocycles. The minimum absolute atomic E-state index is 0. The minimum atomic E-state index is -2.53. The third kappa shape index (κ3) is 3.47. The monoisotopic (exact) mass is 420 g/mol. The first-order valence-electron chi connectivity index (χ1n) is 11.0. The maximum Gasteiger partial charge on any atom is 0.0539 e. The normalized spacial score (nSPS) is 20.2. The molecule has 1 N–H and O–H groups in total. The summed E-state index contributed by atoms with van der Waals surface area (Å²) < 4.78 is 16.7. The van der Waals surface area contributed by atoms with Crippen LogP contribution in [0.2, 0.25) is 0 Å². The van der Waals surface area contributed by atoms with Crippen molar-refractivity contribution in [2.24, 2.45) is 0 Å². The molecule has 2 atom stereocenters. The molecule has 0 spiro atoms. The molecule has 3 aromatic rings. The van der Waals surface area contributed by atoms with Crippen LogP contribution >= 0.6 is 0 Å². The summed E-state index contributed by atoms with van der Waals surface area (Å²) in [5.41, 5.74) is 5.90. The molecule has 0 amide bonds. The zero-order valence-electron chi connectivity index (χ0n) is 17.7. The van der Waals surface area contributed by atoms with Crippen LogP contribution in [0.5, 0.6) is 0 Å². The SMILES string of the molecule is C=S(=O)(NCCCN1CCc2cccc3c2C1CC3)c1ccc(C)c2ccccc12.[HH]. The van der Waals surface area contributed by atoms with E-state index >= 15 is 0 Å². The van der Waals surface area contributed by atoms with Crippen LogP contribution in [0.25, 0.3) is 10.8 Å². The Kier molecular flexibility index (Phi) is 5.18. The maximum absolute atomic E-state index is 13.4. The Morgan fingerprint density at radius 2 is 1.83 bits per heavy atom. The summed E-state index contributed by atoms with van der Waals surface area (Å²) in [5, 5.41) is 2.19. The third-order valence-electron chi connectivity index (χ3n) is 6.83. The maximum atomic E-state index is 13.4. The van der Waals surface area contributed by atoms with Gasteiger partial charge in [0, 0.05) is 27.1 Å². The van der Waals surface area contributed by atoms with E-state index in [1.165, 1.54) is 18.4 Å². The summed E-state index contributed by atoms with van der Waals surface area (Å²) in [6.07, 6.45) is 4.57. The van der Waals surface area contributed by atoms with E-state index in [2.05, 4.69) is 46.7 Å². The number of aryl methyl sites for hydroxylation is 2. The van der Waals surface area contributed by atoms with Crippen LogP contribution in [-0.4, -0.2) is 34.6 Å². The van der Waals surface area contributed by atoms with E-state index in [-0.39, 0.29) is 1.43 Å². The second-order valence-electron chi connectivity index (χ2n) is 8.68. The van der Waals surface area contributed by atoms with Crippen LogP contribution in [0.3, 0.4) is 0 Å². The lowest BCUT2D eigenvalue weighted by molar-refractivity contribution is 0.184. The molecule has 0 fully saturated rings. The van der Waals surface area contributed by atoms with Gasteiger partial charge in [-0.15, -0.1) is 0 Å². The highest BCUT2D eigenvalue weighted by Crippen LogP contribution is 2.41. The molecule has 1 aliphatic carbocycles. The van der Waals surface area contributed by atoms with Crippen molar-refractivity contribution in [3.63, 3.8) is 0 Å². The number of nitrogens with zero attached hydrogens (tertiary/aromatic N) is 1. The number of hydrogen-bond donors (Lipinski definition) is 1. The van der Waals surface area contributed by atoms with Crippen LogP contribution in [0, 0.1) is 6.92 Å². The fourth-order valence-corrected chi connectivity index (χ4v) is 6.78. The Labute approximate surface area is 181 Å².